The number of halogens is 1. The van der Waals surface area contributed by atoms with Crippen LogP contribution in [0, 0.1) is 5.82 Å². The zero-order valence-electron chi connectivity index (χ0n) is 15.4. The lowest BCUT2D eigenvalue weighted by Gasteiger charge is -2.15. The number of benzene rings is 2. The van der Waals surface area contributed by atoms with Crippen LogP contribution in [0.25, 0.3) is 6.08 Å². The number of rotatable bonds is 8. The number of hydrogen-bond donors (Lipinski definition) is 0. The molecule has 0 atom stereocenters. The Balaban J connectivity index is 2.02. The smallest absolute Gasteiger partial charge is 0.246 e. The lowest BCUT2D eigenvalue weighted by molar-refractivity contribution is -0.125. The van der Waals surface area contributed by atoms with Crippen LogP contribution in [0.3, 0.4) is 0 Å². The molecule has 0 saturated heterocycles. The maximum atomic E-state index is 13.2. The number of carbonyl (C=O) groups excluding carboxylic acids is 1. The fraction of sp³-hybridized carbons (Fsp3) is 0.286. The molecule has 5 heteroatoms. The average molecular weight is 357 g/mol. The second kappa shape index (κ2) is 9.61. The van der Waals surface area contributed by atoms with Crippen LogP contribution in [0.2, 0.25) is 0 Å². The summed E-state index contributed by atoms with van der Waals surface area (Å²) < 4.78 is 24.2. The highest BCUT2D eigenvalue weighted by atomic mass is 19.1. The van der Waals surface area contributed by atoms with Crippen LogP contribution < -0.4 is 9.47 Å². The van der Waals surface area contributed by atoms with Crippen molar-refractivity contribution in [2.75, 3.05) is 20.8 Å². The molecule has 1 amide bonds. The molecule has 0 aromatic heterocycles. The molecule has 138 valence electrons. The fourth-order valence-electron chi connectivity index (χ4n) is 2.40. The molecule has 0 aliphatic carbocycles. The largest absolute Gasteiger partial charge is 0.493 e. The molecule has 0 radical (unpaired) electrons. The molecule has 2 aromatic carbocycles. The summed E-state index contributed by atoms with van der Waals surface area (Å²) in [6, 6.07) is 11.7. The normalized spacial score (nSPS) is 10.8. The van der Waals surface area contributed by atoms with Gasteiger partial charge in [0.05, 0.1) is 13.7 Å². The first-order valence-electron chi connectivity index (χ1n) is 8.52. The molecule has 0 N–H and O–H groups in total. The number of carbonyl (C=O) groups is 1. The van der Waals surface area contributed by atoms with Crippen LogP contribution >= 0.6 is 0 Å². The fourth-order valence-corrected chi connectivity index (χ4v) is 2.40. The van der Waals surface area contributed by atoms with Gasteiger partial charge >= 0.3 is 0 Å². The van der Waals surface area contributed by atoms with Crippen molar-refractivity contribution in [3.63, 3.8) is 0 Å². The van der Waals surface area contributed by atoms with E-state index in [9.17, 15) is 9.18 Å². The number of likely N-dealkylation sites (N-methyl/N-ethyl adjacent to an activating group) is 1. The highest BCUT2D eigenvalue weighted by molar-refractivity contribution is 5.91. The Bertz CT molecular complexity index is 774. The first-order chi connectivity index (χ1) is 12.5. The Labute approximate surface area is 153 Å². The Hall–Kier alpha value is -2.82. The minimum Gasteiger partial charge on any atom is -0.493 e. The predicted molar refractivity (Wildman–Crippen MR) is 101 cm³/mol. The van der Waals surface area contributed by atoms with E-state index < -0.39 is 0 Å². The van der Waals surface area contributed by atoms with Crippen LogP contribution in [0.5, 0.6) is 11.5 Å². The third-order valence-corrected chi connectivity index (χ3v) is 3.75. The van der Waals surface area contributed by atoms with Crippen LogP contribution in [0.4, 0.5) is 4.39 Å². The molecule has 0 spiro atoms. The van der Waals surface area contributed by atoms with Crippen molar-refractivity contribution in [2.45, 2.75) is 19.9 Å². The van der Waals surface area contributed by atoms with E-state index >= 15 is 0 Å². The highest BCUT2D eigenvalue weighted by Gasteiger charge is 2.08. The van der Waals surface area contributed by atoms with E-state index in [4.69, 9.17) is 9.47 Å². The first-order valence-corrected chi connectivity index (χ1v) is 8.52. The Morgan fingerprint density at radius 3 is 2.69 bits per heavy atom. The van der Waals surface area contributed by atoms with Crippen molar-refractivity contribution >= 4 is 12.0 Å². The summed E-state index contributed by atoms with van der Waals surface area (Å²) in [4.78, 5) is 13.8. The predicted octanol–water partition coefficient (Wildman–Crippen LogP) is 4.29. The molecule has 2 rings (SSSR count). The molecule has 0 bridgehead atoms. The van der Waals surface area contributed by atoms with Crippen molar-refractivity contribution in [1.29, 1.82) is 0 Å². The number of methoxy groups -OCH3 is 1. The van der Waals surface area contributed by atoms with Gasteiger partial charge in [-0.2, -0.15) is 0 Å². The van der Waals surface area contributed by atoms with E-state index in [1.54, 1.807) is 32.4 Å². The van der Waals surface area contributed by atoms with Gasteiger partial charge in [-0.1, -0.05) is 25.1 Å². The monoisotopic (exact) mass is 357 g/mol. The van der Waals surface area contributed by atoms with Crippen LogP contribution in [0.1, 0.15) is 24.5 Å². The first kappa shape index (κ1) is 19.5. The van der Waals surface area contributed by atoms with Crippen molar-refractivity contribution in [1.82, 2.24) is 4.90 Å². The Morgan fingerprint density at radius 2 is 2.00 bits per heavy atom. The summed E-state index contributed by atoms with van der Waals surface area (Å²) in [5.74, 6) is 0.832. The van der Waals surface area contributed by atoms with Crippen LogP contribution in [0.15, 0.2) is 48.5 Å². The van der Waals surface area contributed by atoms with E-state index in [2.05, 4.69) is 0 Å². The van der Waals surface area contributed by atoms with E-state index in [-0.39, 0.29) is 11.7 Å². The summed E-state index contributed by atoms with van der Waals surface area (Å²) >= 11 is 0. The van der Waals surface area contributed by atoms with Gasteiger partial charge in [0.2, 0.25) is 5.91 Å². The third kappa shape index (κ3) is 5.62. The van der Waals surface area contributed by atoms with Crippen LogP contribution in [-0.4, -0.2) is 31.6 Å². The highest BCUT2D eigenvalue weighted by Crippen LogP contribution is 2.28. The lowest BCUT2D eigenvalue weighted by Crippen LogP contribution is -2.24. The molecule has 0 saturated carbocycles. The second-order valence-electron chi connectivity index (χ2n) is 5.92. The van der Waals surface area contributed by atoms with Gasteiger partial charge in [0, 0.05) is 19.7 Å². The van der Waals surface area contributed by atoms with Gasteiger partial charge in [-0.15, -0.1) is 0 Å². The van der Waals surface area contributed by atoms with Gasteiger partial charge < -0.3 is 14.4 Å². The zero-order valence-corrected chi connectivity index (χ0v) is 15.4. The van der Waals surface area contributed by atoms with Crippen molar-refractivity contribution in [3.8, 4) is 11.5 Å². The number of ether oxygens (including phenoxy) is 2. The molecular formula is C21H24FNO3. The lowest BCUT2D eigenvalue weighted by atomic mass is 10.1. The molecule has 26 heavy (non-hydrogen) atoms. The minimum absolute atomic E-state index is 0.167. The number of nitrogens with zero attached hydrogens (tertiary/aromatic N) is 1. The molecule has 0 fully saturated rings. The summed E-state index contributed by atoms with van der Waals surface area (Å²) in [5.41, 5.74) is 1.58. The quantitative estimate of drug-likeness (QED) is 0.662. The zero-order chi connectivity index (χ0) is 18.9. The standard InChI is InChI=1S/C21H24FNO3/c1-4-12-26-19-10-8-16(14-20(19)25-3)9-11-21(24)23(2)15-17-6-5-7-18(22)13-17/h5-11,13-14H,4,12,15H2,1-3H3/b11-9+. The molecule has 0 aliphatic rings. The van der Waals surface area contributed by atoms with Crippen molar-refractivity contribution in [3.05, 3.63) is 65.5 Å². The third-order valence-electron chi connectivity index (χ3n) is 3.75. The van der Waals surface area contributed by atoms with Gasteiger partial charge in [-0.05, 0) is 47.9 Å². The van der Waals surface area contributed by atoms with Crippen molar-refractivity contribution < 1.29 is 18.7 Å². The van der Waals surface area contributed by atoms with E-state index in [0.717, 1.165) is 17.5 Å². The van der Waals surface area contributed by atoms with Gasteiger partial charge in [0.1, 0.15) is 5.82 Å². The minimum atomic E-state index is -0.309. The number of hydrogen-bond acceptors (Lipinski definition) is 3. The summed E-state index contributed by atoms with van der Waals surface area (Å²) in [7, 11) is 3.26. The maximum absolute atomic E-state index is 13.2. The molecule has 0 heterocycles. The molecular weight excluding hydrogens is 333 g/mol. The summed E-state index contributed by atoms with van der Waals surface area (Å²) in [5, 5.41) is 0. The Morgan fingerprint density at radius 1 is 1.19 bits per heavy atom. The summed E-state index contributed by atoms with van der Waals surface area (Å²) in [6.45, 7) is 3.00. The van der Waals surface area contributed by atoms with Gasteiger partial charge in [-0.25, -0.2) is 4.39 Å². The second-order valence-corrected chi connectivity index (χ2v) is 5.92. The maximum Gasteiger partial charge on any atom is 0.246 e. The van der Waals surface area contributed by atoms with E-state index in [1.807, 2.05) is 25.1 Å². The van der Waals surface area contributed by atoms with Gasteiger partial charge in [-0.3, -0.25) is 4.79 Å². The Kier molecular flexibility index (Phi) is 7.21. The van der Waals surface area contributed by atoms with E-state index in [1.165, 1.54) is 23.1 Å². The summed E-state index contributed by atoms with van der Waals surface area (Å²) in [6.07, 6.45) is 4.12. The van der Waals surface area contributed by atoms with Gasteiger partial charge in [0.25, 0.3) is 0 Å². The molecule has 4 nitrogen and oxygen atoms in total. The van der Waals surface area contributed by atoms with E-state index in [0.29, 0.717) is 24.7 Å². The molecule has 0 aliphatic heterocycles. The van der Waals surface area contributed by atoms with Crippen molar-refractivity contribution in [2.24, 2.45) is 0 Å². The number of amides is 1. The van der Waals surface area contributed by atoms with Crippen LogP contribution in [-0.2, 0) is 11.3 Å². The topological polar surface area (TPSA) is 38.8 Å². The molecule has 2 aromatic rings. The van der Waals surface area contributed by atoms with Gasteiger partial charge in [0.15, 0.2) is 11.5 Å². The SMILES string of the molecule is CCCOc1ccc(/C=C/C(=O)N(C)Cc2cccc(F)c2)cc1OC. The average Bonchev–Trinajstić information content (AvgIpc) is 2.64. The molecule has 0 unspecified atom stereocenters.